The van der Waals surface area contributed by atoms with E-state index < -0.39 is 0 Å². The normalized spacial score (nSPS) is 13.1. The molecule has 19 heavy (non-hydrogen) atoms. The van der Waals surface area contributed by atoms with E-state index in [1.165, 1.54) is 17.4 Å². The Morgan fingerprint density at radius 2 is 1.95 bits per heavy atom. The fourth-order valence-corrected chi connectivity index (χ4v) is 2.44. The molecule has 0 saturated carbocycles. The molecule has 0 radical (unpaired) electrons. The van der Waals surface area contributed by atoms with E-state index in [4.69, 9.17) is 0 Å². The lowest BCUT2D eigenvalue weighted by molar-refractivity contribution is 0.398. The summed E-state index contributed by atoms with van der Waals surface area (Å²) < 4.78 is 0. The lowest BCUT2D eigenvalue weighted by Crippen LogP contribution is -2.36. The van der Waals surface area contributed by atoms with Crippen molar-refractivity contribution in [2.45, 2.75) is 39.7 Å². The summed E-state index contributed by atoms with van der Waals surface area (Å²) in [4.78, 5) is 4.44. The molecular weight excluding hydrogens is 232 g/mol. The summed E-state index contributed by atoms with van der Waals surface area (Å²) in [6.07, 6.45) is 4.18. The average Bonchev–Trinajstić information content (AvgIpc) is 2.43. The summed E-state index contributed by atoms with van der Waals surface area (Å²) in [6.45, 7) is 7.88. The van der Waals surface area contributed by atoms with Crippen LogP contribution >= 0.6 is 0 Å². The van der Waals surface area contributed by atoms with Crippen molar-refractivity contribution in [2.24, 2.45) is 5.92 Å². The van der Waals surface area contributed by atoms with Gasteiger partial charge in [-0.25, -0.2) is 0 Å². The molecule has 2 nitrogen and oxygen atoms in total. The maximum Gasteiger partial charge on any atom is 0.0704 e. The Kier molecular flexibility index (Phi) is 4.92. The van der Waals surface area contributed by atoms with Crippen LogP contribution in [-0.4, -0.2) is 17.6 Å². The van der Waals surface area contributed by atoms with Crippen molar-refractivity contribution < 1.29 is 0 Å². The molecule has 1 atom stereocenters. The number of benzene rings is 1. The van der Waals surface area contributed by atoms with Gasteiger partial charge in [-0.05, 0) is 43.0 Å². The van der Waals surface area contributed by atoms with Crippen LogP contribution in [0.25, 0.3) is 10.9 Å². The molecule has 0 aliphatic rings. The van der Waals surface area contributed by atoms with Crippen molar-refractivity contribution in [2.75, 3.05) is 6.54 Å². The van der Waals surface area contributed by atoms with Gasteiger partial charge in [0.1, 0.15) is 0 Å². The summed E-state index contributed by atoms with van der Waals surface area (Å²) in [6, 6.07) is 11.1. The van der Waals surface area contributed by atoms with Crippen molar-refractivity contribution in [3.8, 4) is 0 Å². The third-order valence-corrected chi connectivity index (χ3v) is 3.64. The van der Waals surface area contributed by atoms with Gasteiger partial charge in [-0.1, -0.05) is 39.0 Å². The van der Waals surface area contributed by atoms with Gasteiger partial charge in [0.05, 0.1) is 5.52 Å². The molecule has 0 saturated heterocycles. The maximum absolute atomic E-state index is 4.44. The van der Waals surface area contributed by atoms with Crippen molar-refractivity contribution in [1.82, 2.24) is 10.3 Å². The third-order valence-electron chi connectivity index (χ3n) is 3.64. The first-order valence-corrected chi connectivity index (χ1v) is 7.28. The molecule has 2 rings (SSSR count). The van der Waals surface area contributed by atoms with E-state index in [9.17, 15) is 0 Å². The number of aromatic nitrogens is 1. The van der Waals surface area contributed by atoms with Gasteiger partial charge in [-0.3, -0.25) is 4.98 Å². The summed E-state index contributed by atoms with van der Waals surface area (Å²) in [5, 5.41) is 4.95. The standard InChI is InChI=1S/C17H24N2/c1-4-10-18-17(13(2)3)12-14-9-11-19-16-8-6-5-7-15(14)16/h5-9,11,13,17-18H,4,10,12H2,1-3H3. The molecule has 1 N–H and O–H groups in total. The Morgan fingerprint density at radius 1 is 1.16 bits per heavy atom. The van der Waals surface area contributed by atoms with Crippen LogP contribution in [0.3, 0.4) is 0 Å². The van der Waals surface area contributed by atoms with E-state index in [0.29, 0.717) is 12.0 Å². The fourth-order valence-electron chi connectivity index (χ4n) is 2.44. The molecule has 2 heteroatoms. The van der Waals surface area contributed by atoms with E-state index in [-0.39, 0.29) is 0 Å². The van der Waals surface area contributed by atoms with Crippen LogP contribution in [0.5, 0.6) is 0 Å². The molecule has 0 fully saturated rings. The first-order valence-electron chi connectivity index (χ1n) is 7.28. The number of nitrogens with zero attached hydrogens (tertiary/aromatic N) is 1. The Balaban J connectivity index is 2.23. The highest BCUT2D eigenvalue weighted by atomic mass is 14.9. The molecule has 0 amide bonds. The van der Waals surface area contributed by atoms with Gasteiger partial charge in [0.15, 0.2) is 0 Å². The van der Waals surface area contributed by atoms with Gasteiger partial charge >= 0.3 is 0 Å². The predicted octanol–water partition coefficient (Wildman–Crippen LogP) is 3.80. The summed E-state index contributed by atoms with van der Waals surface area (Å²) in [5.74, 6) is 0.637. The molecular formula is C17H24N2. The number of fused-ring (bicyclic) bond motifs is 1. The highest BCUT2D eigenvalue weighted by molar-refractivity contribution is 5.81. The SMILES string of the molecule is CCCNC(Cc1ccnc2ccccc12)C(C)C. The molecule has 1 aromatic carbocycles. The summed E-state index contributed by atoms with van der Waals surface area (Å²) >= 11 is 0. The number of pyridine rings is 1. The van der Waals surface area contributed by atoms with Gasteiger partial charge in [-0.2, -0.15) is 0 Å². The molecule has 0 aliphatic carbocycles. The molecule has 102 valence electrons. The van der Waals surface area contributed by atoms with E-state index in [2.05, 4.69) is 55.3 Å². The molecule has 2 aromatic rings. The second kappa shape index (κ2) is 6.67. The second-order valence-electron chi connectivity index (χ2n) is 5.50. The van der Waals surface area contributed by atoms with Gasteiger partial charge in [0.2, 0.25) is 0 Å². The zero-order valence-electron chi connectivity index (χ0n) is 12.2. The summed E-state index contributed by atoms with van der Waals surface area (Å²) in [5.41, 5.74) is 2.49. The number of rotatable bonds is 6. The average molecular weight is 256 g/mol. The minimum absolute atomic E-state index is 0.533. The monoisotopic (exact) mass is 256 g/mol. The molecule has 0 bridgehead atoms. The van der Waals surface area contributed by atoms with E-state index >= 15 is 0 Å². The first-order chi connectivity index (χ1) is 9.22. The second-order valence-corrected chi connectivity index (χ2v) is 5.50. The minimum atomic E-state index is 0.533. The highest BCUT2D eigenvalue weighted by Gasteiger charge is 2.14. The number of para-hydroxylation sites is 1. The zero-order chi connectivity index (χ0) is 13.7. The molecule has 1 aromatic heterocycles. The van der Waals surface area contributed by atoms with Gasteiger partial charge in [-0.15, -0.1) is 0 Å². The lowest BCUT2D eigenvalue weighted by Gasteiger charge is -2.23. The van der Waals surface area contributed by atoms with Crippen molar-refractivity contribution in [1.29, 1.82) is 0 Å². The van der Waals surface area contributed by atoms with Crippen LogP contribution < -0.4 is 5.32 Å². The maximum atomic E-state index is 4.44. The van der Waals surface area contributed by atoms with Crippen LogP contribution in [0, 0.1) is 5.92 Å². The van der Waals surface area contributed by atoms with Gasteiger partial charge in [0, 0.05) is 17.6 Å². The molecule has 1 unspecified atom stereocenters. The Bertz CT molecular complexity index is 514. The Hall–Kier alpha value is -1.41. The molecule has 1 heterocycles. The molecule has 0 spiro atoms. The Morgan fingerprint density at radius 3 is 2.68 bits per heavy atom. The van der Waals surface area contributed by atoms with E-state index in [1.807, 2.05) is 12.3 Å². The predicted molar refractivity (Wildman–Crippen MR) is 82.4 cm³/mol. The summed E-state index contributed by atoms with van der Waals surface area (Å²) in [7, 11) is 0. The van der Waals surface area contributed by atoms with Crippen LogP contribution in [0.2, 0.25) is 0 Å². The number of hydrogen-bond acceptors (Lipinski definition) is 2. The van der Waals surface area contributed by atoms with Crippen LogP contribution in [0.4, 0.5) is 0 Å². The first kappa shape index (κ1) is 14.0. The highest BCUT2D eigenvalue weighted by Crippen LogP contribution is 2.19. The quantitative estimate of drug-likeness (QED) is 0.850. The Labute approximate surface area is 116 Å². The van der Waals surface area contributed by atoms with Crippen LogP contribution in [0.1, 0.15) is 32.8 Å². The largest absolute Gasteiger partial charge is 0.313 e. The van der Waals surface area contributed by atoms with E-state index in [1.54, 1.807) is 0 Å². The van der Waals surface area contributed by atoms with Crippen molar-refractivity contribution in [3.63, 3.8) is 0 Å². The van der Waals surface area contributed by atoms with Crippen LogP contribution in [0.15, 0.2) is 36.5 Å². The number of hydrogen-bond donors (Lipinski definition) is 1. The zero-order valence-corrected chi connectivity index (χ0v) is 12.2. The topological polar surface area (TPSA) is 24.9 Å². The van der Waals surface area contributed by atoms with Gasteiger partial charge in [0.25, 0.3) is 0 Å². The smallest absolute Gasteiger partial charge is 0.0704 e. The van der Waals surface area contributed by atoms with Gasteiger partial charge < -0.3 is 5.32 Å². The van der Waals surface area contributed by atoms with Crippen molar-refractivity contribution in [3.05, 3.63) is 42.1 Å². The third kappa shape index (κ3) is 3.54. The lowest BCUT2D eigenvalue weighted by atomic mass is 9.94. The van der Waals surface area contributed by atoms with Crippen molar-refractivity contribution >= 4 is 10.9 Å². The van der Waals surface area contributed by atoms with Crippen LogP contribution in [-0.2, 0) is 6.42 Å². The minimum Gasteiger partial charge on any atom is -0.313 e. The fraction of sp³-hybridized carbons (Fsp3) is 0.471. The van der Waals surface area contributed by atoms with E-state index in [0.717, 1.165) is 18.5 Å². The number of nitrogens with one attached hydrogen (secondary N) is 1. The molecule has 0 aliphatic heterocycles.